The fourth-order valence-corrected chi connectivity index (χ4v) is 4.19. The standard InChI is InChI=1S/C26H31N9OS/c1-3-4-5-8-19-37-26-31-24(29-21(2)33-28-20-23-9-6-7-18-36-23)30-25(32-26)35-16-14-34(15-17-35)22-10-12-27-13-11-22/h3-6,8-13,18,28H,14-17,19-20H2,1-2H3,(H,29,30,31,32,33)/b4-3-,8-5-. The fraction of sp³-hybridized carbons (Fsp3) is 0.308. The molecule has 11 heteroatoms. The number of rotatable bonds is 10. The molecular weight excluding hydrogens is 486 g/mol. The van der Waals surface area contributed by atoms with E-state index in [1.807, 2.05) is 62.7 Å². The first-order valence-corrected chi connectivity index (χ1v) is 13.1. The number of piperazine rings is 1. The minimum atomic E-state index is 0.368. The number of hydrogen-bond donors (Lipinski definition) is 2. The van der Waals surface area contributed by atoms with Crippen LogP contribution in [0.4, 0.5) is 17.6 Å². The molecule has 2 aromatic rings. The summed E-state index contributed by atoms with van der Waals surface area (Å²) in [5.74, 6) is 3.17. The Kier molecular flexibility index (Phi) is 9.88. The monoisotopic (exact) mass is 517 g/mol. The van der Waals surface area contributed by atoms with Crippen molar-refractivity contribution < 1.29 is 4.74 Å². The number of allylic oxidation sites excluding steroid dienone is 5. The molecule has 0 aromatic carbocycles. The van der Waals surface area contributed by atoms with E-state index in [1.165, 1.54) is 11.9 Å². The molecule has 0 spiro atoms. The van der Waals surface area contributed by atoms with Crippen molar-refractivity contribution in [2.75, 3.05) is 48.3 Å². The average molecular weight is 518 g/mol. The molecule has 2 aliphatic rings. The van der Waals surface area contributed by atoms with Gasteiger partial charge in [0.15, 0.2) is 5.16 Å². The molecule has 2 aliphatic heterocycles. The Morgan fingerprint density at radius 3 is 2.70 bits per heavy atom. The number of ether oxygens (including phenoxy) is 1. The van der Waals surface area contributed by atoms with Gasteiger partial charge in [0.2, 0.25) is 5.95 Å². The van der Waals surface area contributed by atoms with Gasteiger partial charge in [-0.3, -0.25) is 4.98 Å². The van der Waals surface area contributed by atoms with E-state index in [0.29, 0.717) is 29.4 Å². The number of hydrazine groups is 1. The van der Waals surface area contributed by atoms with Crippen LogP contribution in [0.5, 0.6) is 0 Å². The Hall–Kier alpha value is -3.92. The van der Waals surface area contributed by atoms with Crippen molar-refractivity contribution >= 4 is 35.2 Å². The molecule has 37 heavy (non-hydrogen) atoms. The predicted octanol–water partition coefficient (Wildman–Crippen LogP) is 3.54. The van der Waals surface area contributed by atoms with E-state index >= 15 is 0 Å². The predicted molar refractivity (Wildman–Crippen MR) is 149 cm³/mol. The van der Waals surface area contributed by atoms with Crippen LogP contribution in [0.1, 0.15) is 13.8 Å². The second-order valence-corrected chi connectivity index (χ2v) is 9.03. The van der Waals surface area contributed by atoms with Crippen molar-refractivity contribution in [1.82, 2.24) is 30.8 Å². The summed E-state index contributed by atoms with van der Waals surface area (Å²) in [7, 11) is 0. The number of aliphatic imine (C=N–C) groups is 1. The molecule has 2 N–H and O–H groups in total. The number of pyridine rings is 1. The van der Waals surface area contributed by atoms with Crippen LogP contribution in [0.15, 0.2) is 88.9 Å². The normalized spacial score (nSPS) is 15.9. The van der Waals surface area contributed by atoms with Crippen LogP contribution in [0.2, 0.25) is 0 Å². The van der Waals surface area contributed by atoms with Gasteiger partial charge in [-0.25, -0.2) is 5.43 Å². The lowest BCUT2D eigenvalue weighted by molar-refractivity contribution is 0.331. The van der Waals surface area contributed by atoms with Gasteiger partial charge in [-0.2, -0.15) is 19.9 Å². The van der Waals surface area contributed by atoms with Gasteiger partial charge in [0.05, 0.1) is 6.54 Å². The van der Waals surface area contributed by atoms with Crippen LogP contribution >= 0.6 is 11.8 Å². The molecule has 10 nitrogen and oxygen atoms in total. The van der Waals surface area contributed by atoms with Crippen molar-refractivity contribution in [3.05, 3.63) is 78.7 Å². The Bertz CT molecular complexity index is 1210. The lowest BCUT2D eigenvalue weighted by Crippen LogP contribution is -2.47. The molecule has 0 radical (unpaired) electrons. The maximum absolute atomic E-state index is 5.37. The number of aromatic nitrogens is 4. The fourth-order valence-electron chi connectivity index (χ4n) is 3.55. The van der Waals surface area contributed by atoms with Crippen LogP contribution in [0.25, 0.3) is 0 Å². The highest BCUT2D eigenvalue weighted by atomic mass is 32.2. The molecule has 2 aromatic heterocycles. The van der Waals surface area contributed by atoms with Crippen LogP contribution in [-0.4, -0.2) is 64.2 Å². The van der Waals surface area contributed by atoms with Gasteiger partial charge >= 0.3 is 0 Å². The summed E-state index contributed by atoms with van der Waals surface area (Å²) in [6.07, 6.45) is 16.9. The average Bonchev–Trinajstić information content (AvgIpc) is 2.94. The smallest absolute Gasteiger partial charge is 0.256 e. The molecule has 0 bridgehead atoms. The third-order valence-electron chi connectivity index (χ3n) is 5.37. The van der Waals surface area contributed by atoms with Gasteiger partial charge in [0.25, 0.3) is 5.95 Å². The van der Waals surface area contributed by atoms with Crippen molar-refractivity contribution in [1.29, 1.82) is 0 Å². The van der Waals surface area contributed by atoms with Gasteiger partial charge in [0, 0.05) is 50.0 Å². The summed E-state index contributed by atoms with van der Waals surface area (Å²) >= 11 is 1.56. The Morgan fingerprint density at radius 2 is 1.95 bits per heavy atom. The quantitative estimate of drug-likeness (QED) is 0.121. The van der Waals surface area contributed by atoms with E-state index in [1.54, 1.807) is 17.8 Å². The number of nitrogens with zero attached hydrogens (tertiary/aromatic N) is 7. The van der Waals surface area contributed by atoms with Gasteiger partial charge in [-0.05, 0) is 38.1 Å². The molecule has 4 rings (SSSR count). The summed E-state index contributed by atoms with van der Waals surface area (Å²) in [5, 5.41) is 0.644. The molecular formula is C26H31N9OS. The zero-order chi connectivity index (χ0) is 25.7. The highest BCUT2D eigenvalue weighted by Gasteiger charge is 2.21. The lowest BCUT2D eigenvalue weighted by Gasteiger charge is -2.36. The minimum Gasteiger partial charge on any atom is -0.460 e. The van der Waals surface area contributed by atoms with Gasteiger partial charge in [0.1, 0.15) is 17.9 Å². The number of thioether (sulfide) groups is 1. The molecule has 0 atom stereocenters. The van der Waals surface area contributed by atoms with E-state index < -0.39 is 0 Å². The van der Waals surface area contributed by atoms with Crippen molar-refractivity contribution in [2.24, 2.45) is 4.99 Å². The van der Waals surface area contributed by atoms with Crippen molar-refractivity contribution in [2.45, 2.75) is 19.0 Å². The Balaban J connectivity index is 1.43. The number of anilines is 2. The molecule has 0 saturated carbocycles. The molecule has 1 fully saturated rings. The maximum Gasteiger partial charge on any atom is 0.256 e. The highest BCUT2D eigenvalue weighted by Crippen LogP contribution is 2.22. The summed E-state index contributed by atoms with van der Waals surface area (Å²) < 4.78 is 5.37. The first-order valence-electron chi connectivity index (χ1n) is 12.1. The maximum atomic E-state index is 5.37. The first kappa shape index (κ1) is 26.2. The highest BCUT2D eigenvalue weighted by molar-refractivity contribution is 7.99. The summed E-state index contributed by atoms with van der Waals surface area (Å²) in [6, 6.07) is 4.07. The molecule has 0 amide bonds. The molecule has 0 aliphatic carbocycles. The topological polar surface area (TPSA) is 104 Å². The zero-order valence-electron chi connectivity index (χ0n) is 21.0. The minimum absolute atomic E-state index is 0.368. The number of hydrogen-bond acceptors (Lipinski definition) is 10. The Labute approximate surface area is 221 Å². The second kappa shape index (κ2) is 14.0. The first-order chi connectivity index (χ1) is 18.2. The summed E-state index contributed by atoms with van der Waals surface area (Å²) in [6.45, 7) is 7.69. The van der Waals surface area contributed by atoms with Crippen LogP contribution in [0.3, 0.4) is 0 Å². The number of amidine groups is 1. The molecule has 1 saturated heterocycles. The van der Waals surface area contributed by atoms with Crippen LogP contribution in [0, 0.1) is 0 Å². The van der Waals surface area contributed by atoms with E-state index in [0.717, 1.165) is 37.7 Å². The largest absolute Gasteiger partial charge is 0.460 e. The SMILES string of the molecule is C/C=C\C=C/CSc1nc(/N=C(\C)NNCC2=CC=C=CO2)nc(N2CCN(c3ccncc3)CC2)n1. The molecule has 0 unspecified atom stereocenters. The zero-order valence-corrected chi connectivity index (χ0v) is 21.9. The van der Waals surface area contributed by atoms with Crippen LogP contribution in [-0.2, 0) is 4.74 Å². The van der Waals surface area contributed by atoms with E-state index in [9.17, 15) is 0 Å². The van der Waals surface area contributed by atoms with Gasteiger partial charge in [-0.15, -0.1) is 0 Å². The van der Waals surface area contributed by atoms with E-state index in [-0.39, 0.29) is 0 Å². The van der Waals surface area contributed by atoms with Crippen molar-refractivity contribution in [3.63, 3.8) is 0 Å². The molecule has 4 heterocycles. The van der Waals surface area contributed by atoms with Gasteiger partial charge in [-0.1, -0.05) is 41.8 Å². The summed E-state index contributed by atoms with van der Waals surface area (Å²) in [4.78, 5) is 27.2. The second-order valence-electron chi connectivity index (χ2n) is 8.04. The van der Waals surface area contributed by atoms with E-state index in [2.05, 4.69) is 52.4 Å². The lowest BCUT2D eigenvalue weighted by atomic mass is 10.3. The van der Waals surface area contributed by atoms with Crippen LogP contribution < -0.4 is 20.7 Å². The summed E-state index contributed by atoms with van der Waals surface area (Å²) in [5.41, 5.74) is 10.2. The van der Waals surface area contributed by atoms with Gasteiger partial charge < -0.3 is 20.0 Å². The van der Waals surface area contributed by atoms with Crippen molar-refractivity contribution in [3.8, 4) is 0 Å². The third kappa shape index (κ3) is 8.32. The van der Waals surface area contributed by atoms with E-state index in [4.69, 9.17) is 9.72 Å². The molecule has 192 valence electrons. The number of nitrogens with one attached hydrogen (secondary N) is 2. The Morgan fingerprint density at radius 1 is 1.14 bits per heavy atom. The third-order valence-corrected chi connectivity index (χ3v) is 6.17.